The van der Waals surface area contributed by atoms with Crippen LogP contribution in [0.2, 0.25) is 0 Å². The Bertz CT molecular complexity index is 754. The molecule has 1 N–H and O–H groups in total. The van der Waals surface area contributed by atoms with Gasteiger partial charge in [-0.15, -0.1) is 0 Å². The first kappa shape index (κ1) is 18.2. The molecule has 4 atom stereocenters. The number of fused-ring (bicyclic) bond motifs is 5. The van der Waals surface area contributed by atoms with E-state index in [1.807, 2.05) is 0 Å². The molecule has 0 radical (unpaired) electrons. The molecular formula is C23H31N3O2. The Labute approximate surface area is 167 Å². The van der Waals surface area contributed by atoms with E-state index < -0.39 is 0 Å². The van der Waals surface area contributed by atoms with Gasteiger partial charge in [0.15, 0.2) is 0 Å². The molecule has 1 aromatic carbocycles. The average molecular weight is 382 g/mol. The van der Waals surface area contributed by atoms with Crippen molar-refractivity contribution in [2.45, 2.75) is 63.6 Å². The molecule has 2 bridgehead atoms. The number of nitrogens with zero attached hydrogens (tertiary/aromatic N) is 2. The van der Waals surface area contributed by atoms with Crippen LogP contribution in [0.5, 0.6) is 0 Å². The van der Waals surface area contributed by atoms with E-state index in [1.165, 1.54) is 17.5 Å². The molecule has 28 heavy (non-hydrogen) atoms. The Morgan fingerprint density at radius 2 is 1.86 bits per heavy atom. The summed E-state index contributed by atoms with van der Waals surface area (Å²) in [5.74, 6) is 1.36. The lowest BCUT2D eigenvalue weighted by molar-refractivity contribution is -0.153. The maximum atomic E-state index is 12.8. The van der Waals surface area contributed by atoms with E-state index in [4.69, 9.17) is 0 Å². The van der Waals surface area contributed by atoms with Crippen LogP contribution in [-0.2, 0) is 22.4 Å². The van der Waals surface area contributed by atoms with Gasteiger partial charge >= 0.3 is 0 Å². The molecule has 5 nitrogen and oxygen atoms in total. The van der Waals surface area contributed by atoms with Crippen molar-refractivity contribution in [2.24, 2.45) is 11.8 Å². The Kier molecular flexibility index (Phi) is 4.66. The zero-order chi connectivity index (χ0) is 19.3. The smallest absolute Gasteiger partial charge is 0.223 e. The average Bonchev–Trinajstić information content (AvgIpc) is 3.12. The number of hydrogen-bond acceptors (Lipinski definition) is 3. The molecule has 0 spiro atoms. The number of nitrogens with one attached hydrogen (secondary N) is 1. The fourth-order valence-electron chi connectivity index (χ4n) is 6.41. The third-order valence-electron chi connectivity index (χ3n) is 7.63. The third-order valence-corrected chi connectivity index (χ3v) is 7.63. The molecule has 150 valence electrons. The quantitative estimate of drug-likeness (QED) is 0.871. The summed E-state index contributed by atoms with van der Waals surface area (Å²) in [7, 11) is 0. The highest BCUT2D eigenvalue weighted by Gasteiger charge is 2.50. The first-order valence-electron chi connectivity index (χ1n) is 11.0. The second-order valence-corrected chi connectivity index (χ2v) is 9.31. The van der Waals surface area contributed by atoms with Gasteiger partial charge in [0.2, 0.25) is 11.8 Å². The van der Waals surface area contributed by atoms with Crippen LogP contribution in [0.1, 0.15) is 43.7 Å². The molecule has 3 fully saturated rings. The number of carbonyl (C=O) groups excluding carboxylic acids is 2. The summed E-state index contributed by atoms with van der Waals surface area (Å²) in [6.45, 7) is 4.35. The molecule has 4 aliphatic rings. The van der Waals surface area contributed by atoms with Crippen molar-refractivity contribution < 1.29 is 9.59 Å². The van der Waals surface area contributed by atoms with Crippen LogP contribution in [0.3, 0.4) is 0 Å². The summed E-state index contributed by atoms with van der Waals surface area (Å²) in [5.41, 5.74) is 3.01. The summed E-state index contributed by atoms with van der Waals surface area (Å²) in [4.78, 5) is 29.3. The van der Waals surface area contributed by atoms with Gasteiger partial charge in [-0.05, 0) is 55.1 Å². The van der Waals surface area contributed by atoms with E-state index >= 15 is 0 Å². The van der Waals surface area contributed by atoms with Crippen molar-refractivity contribution in [2.75, 3.05) is 19.6 Å². The molecule has 2 amide bonds. The van der Waals surface area contributed by atoms with Crippen LogP contribution < -0.4 is 5.32 Å². The summed E-state index contributed by atoms with van der Waals surface area (Å²) in [6.07, 6.45) is 6.32. The van der Waals surface area contributed by atoms with Crippen LogP contribution in [0.15, 0.2) is 24.3 Å². The lowest BCUT2D eigenvalue weighted by Crippen LogP contribution is -2.67. The van der Waals surface area contributed by atoms with Gasteiger partial charge in [0, 0.05) is 45.1 Å². The number of carbonyl (C=O) groups is 2. The Morgan fingerprint density at radius 3 is 2.57 bits per heavy atom. The summed E-state index contributed by atoms with van der Waals surface area (Å²) >= 11 is 0. The SMILES string of the molecule is CC(=O)NC[C@H]1[C@H]2C[C@H](CN(C3Cc4ccccc4C3)C2)[C@@H]2CCCC(=O)N21. The minimum absolute atomic E-state index is 0.00189. The normalized spacial score (nSPS) is 32.8. The number of rotatable bonds is 3. The van der Waals surface area contributed by atoms with Crippen molar-refractivity contribution in [1.29, 1.82) is 0 Å². The van der Waals surface area contributed by atoms with Gasteiger partial charge in [-0.3, -0.25) is 14.5 Å². The number of likely N-dealkylation sites (tertiary alicyclic amines) is 1. The van der Waals surface area contributed by atoms with Crippen LogP contribution in [0.25, 0.3) is 0 Å². The van der Waals surface area contributed by atoms with Crippen LogP contribution in [0.4, 0.5) is 0 Å². The molecular weight excluding hydrogens is 350 g/mol. The van der Waals surface area contributed by atoms with Crippen LogP contribution in [0, 0.1) is 11.8 Å². The van der Waals surface area contributed by atoms with Gasteiger partial charge in [0.05, 0.1) is 6.04 Å². The second-order valence-electron chi connectivity index (χ2n) is 9.31. The predicted molar refractivity (Wildman–Crippen MR) is 108 cm³/mol. The number of benzene rings is 1. The zero-order valence-corrected chi connectivity index (χ0v) is 16.8. The first-order chi connectivity index (χ1) is 13.6. The second kappa shape index (κ2) is 7.18. The first-order valence-corrected chi connectivity index (χ1v) is 11.0. The number of piperidine rings is 3. The molecule has 1 aliphatic carbocycles. The molecule has 3 saturated heterocycles. The highest BCUT2D eigenvalue weighted by atomic mass is 16.2. The Hall–Kier alpha value is -1.88. The van der Waals surface area contributed by atoms with Gasteiger partial charge in [0.25, 0.3) is 0 Å². The van der Waals surface area contributed by atoms with E-state index in [1.54, 1.807) is 6.92 Å². The Balaban J connectivity index is 1.37. The maximum Gasteiger partial charge on any atom is 0.223 e. The molecule has 1 aromatic rings. The molecule has 3 heterocycles. The van der Waals surface area contributed by atoms with Gasteiger partial charge in [0.1, 0.15) is 0 Å². The van der Waals surface area contributed by atoms with E-state index in [0.29, 0.717) is 42.8 Å². The monoisotopic (exact) mass is 381 g/mol. The highest BCUT2D eigenvalue weighted by Crippen LogP contribution is 2.42. The third kappa shape index (κ3) is 3.14. The van der Waals surface area contributed by atoms with Crippen molar-refractivity contribution in [1.82, 2.24) is 15.1 Å². The lowest BCUT2D eigenvalue weighted by atomic mass is 9.71. The molecule has 0 saturated carbocycles. The molecule has 5 heteroatoms. The topological polar surface area (TPSA) is 52.7 Å². The molecule has 3 aliphatic heterocycles. The van der Waals surface area contributed by atoms with Crippen molar-refractivity contribution in [3.63, 3.8) is 0 Å². The van der Waals surface area contributed by atoms with E-state index in [2.05, 4.69) is 39.4 Å². The minimum atomic E-state index is 0.00189. The fraction of sp³-hybridized carbons (Fsp3) is 0.652. The summed E-state index contributed by atoms with van der Waals surface area (Å²) in [6, 6.07) is 9.98. The summed E-state index contributed by atoms with van der Waals surface area (Å²) in [5, 5.41) is 3.02. The summed E-state index contributed by atoms with van der Waals surface area (Å²) < 4.78 is 0. The lowest BCUT2D eigenvalue weighted by Gasteiger charge is -2.57. The van der Waals surface area contributed by atoms with Crippen molar-refractivity contribution in [3.8, 4) is 0 Å². The van der Waals surface area contributed by atoms with Gasteiger partial charge in [-0.1, -0.05) is 24.3 Å². The van der Waals surface area contributed by atoms with Crippen LogP contribution in [-0.4, -0.2) is 59.4 Å². The molecule has 0 aromatic heterocycles. The Morgan fingerprint density at radius 1 is 1.14 bits per heavy atom. The van der Waals surface area contributed by atoms with Gasteiger partial charge in [-0.25, -0.2) is 0 Å². The number of amides is 2. The highest BCUT2D eigenvalue weighted by molar-refractivity contribution is 5.78. The minimum Gasteiger partial charge on any atom is -0.354 e. The van der Waals surface area contributed by atoms with E-state index in [-0.39, 0.29) is 11.9 Å². The van der Waals surface area contributed by atoms with Gasteiger partial charge in [-0.2, -0.15) is 0 Å². The number of hydrogen-bond donors (Lipinski definition) is 1. The van der Waals surface area contributed by atoms with Crippen LogP contribution >= 0.6 is 0 Å². The van der Waals surface area contributed by atoms with Crippen molar-refractivity contribution >= 4 is 11.8 Å². The fourth-order valence-corrected chi connectivity index (χ4v) is 6.41. The zero-order valence-electron chi connectivity index (χ0n) is 16.8. The molecule has 0 unspecified atom stereocenters. The largest absolute Gasteiger partial charge is 0.354 e. The van der Waals surface area contributed by atoms with E-state index in [0.717, 1.165) is 38.8 Å². The predicted octanol–water partition coefficient (Wildman–Crippen LogP) is 1.99. The standard InChI is InChI=1S/C23H31N3O2/c1-15(27)24-12-22-19-9-18(21-7-4-8-23(28)26(21)22)13-25(14-19)20-10-16-5-2-3-6-17(16)11-20/h2-3,5-6,18-22H,4,7-14H2,1H3,(H,24,27)/t18-,19+,21+,22+/m1/s1. The van der Waals surface area contributed by atoms with Gasteiger partial charge < -0.3 is 10.2 Å². The molecule has 5 rings (SSSR count). The maximum absolute atomic E-state index is 12.8. The van der Waals surface area contributed by atoms with Crippen molar-refractivity contribution in [3.05, 3.63) is 35.4 Å². The van der Waals surface area contributed by atoms with E-state index in [9.17, 15) is 9.59 Å².